The summed E-state index contributed by atoms with van der Waals surface area (Å²) in [7, 11) is 2.03. The van der Waals surface area contributed by atoms with E-state index < -0.39 is 48.1 Å². The van der Waals surface area contributed by atoms with Crippen LogP contribution >= 0.6 is 0 Å². The van der Waals surface area contributed by atoms with Crippen LogP contribution in [0.2, 0.25) is 0 Å². The lowest BCUT2D eigenvalue weighted by Gasteiger charge is -2.15. The maximum atomic E-state index is 12.7. The Balaban J connectivity index is 3.33. The van der Waals surface area contributed by atoms with Gasteiger partial charge in [-0.15, -0.1) is 13.2 Å². The molecule has 5 nitrogen and oxygen atoms in total. The summed E-state index contributed by atoms with van der Waals surface area (Å²) in [5.41, 5.74) is -1.41. The molecule has 0 radical (unpaired) electrons. The van der Waals surface area contributed by atoms with Gasteiger partial charge in [-0.05, 0) is 6.07 Å². The van der Waals surface area contributed by atoms with E-state index in [1.54, 1.807) is 0 Å². The summed E-state index contributed by atoms with van der Waals surface area (Å²) < 4.78 is 74.8. The van der Waals surface area contributed by atoms with Gasteiger partial charge in [0.1, 0.15) is 0 Å². The van der Waals surface area contributed by atoms with E-state index >= 15 is 0 Å². The first-order chi connectivity index (χ1) is 9.67. The van der Waals surface area contributed by atoms with Crippen LogP contribution in [-0.2, 0) is 16.0 Å². The number of esters is 1. The van der Waals surface area contributed by atoms with Gasteiger partial charge in [0.15, 0.2) is 5.75 Å². The van der Waals surface area contributed by atoms with E-state index in [2.05, 4.69) is 19.2 Å². The van der Waals surface area contributed by atoms with Crippen LogP contribution in [-0.4, -0.2) is 31.5 Å². The van der Waals surface area contributed by atoms with Crippen molar-refractivity contribution >= 4 is 5.97 Å². The molecule has 1 rings (SSSR count). The van der Waals surface area contributed by atoms with E-state index in [1.807, 2.05) is 0 Å². The lowest BCUT2D eigenvalue weighted by molar-refractivity contribution is -0.275. The van der Waals surface area contributed by atoms with E-state index in [9.17, 15) is 26.7 Å². The summed E-state index contributed by atoms with van der Waals surface area (Å²) in [5, 5.41) is 0. The van der Waals surface area contributed by atoms with Gasteiger partial charge >= 0.3 is 12.3 Å². The number of rotatable bonds is 5. The summed E-state index contributed by atoms with van der Waals surface area (Å²) in [6, 6.07) is 0.433. The van der Waals surface area contributed by atoms with Gasteiger partial charge in [0, 0.05) is 0 Å². The van der Waals surface area contributed by atoms with Crippen LogP contribution in [0, 0.1) is 0 Å². The number of ether oxygens (including phenoxy) is 3. The molecule has 21 heavy (non-hydrogen) atoms. The zero-order valence-corrected chi connectivity index (χ0v) is 10.8. The van der Waals surface area contributed by atoms with Gasteiger partial charge in [0.05, 0.1) is 31.9 Å². The smallest absolute Gasteiger partial charge is 0.481 e. The standard InChI is InChI=1S/C11H10F5NO4/c1-19-8(18)4-6-7(21-11(14,15)16)3-5(9(12)13)10(17-6)20-2/h3,9H,4H2,1-2H3. The first-order valence-corrected chi connectivity index (χ1v) is 5.36. The number of alkyl halides is 5. The quantitative estimate of drug-likeness (QED) is 0.617. The van der Waals surface area contributed by atoms with Crippen LogP contribution in [0.4, 0.5) is 22.0 Å². The maximum absolute atomic E-state index is 12.7. The van der Waals surface area contributed by atoms with Crippen molar-refractivity contribution in [2.45, 2.75) is 19.2 Å². The molecule has 0 aliphatic carbocycles. The molecule has 0 saturated carbocycles. The number of methoxy groups -OCH3 is 2. The first kappa shape index (κ1) is 16.9. The second-order valence-corrected chi connectivity index (χ2v) is 3.63. The van der Waals surface area contributed by atoms with Gasteiger partial charge in [-0.3, -0.25) is 4.79 Å². The Bertz CT molecular complexity index is 518. The number of halogens is 5. The van der Waals surface area contributed by atoms with Crippen molar-refractivity contribution in [3.8, 4) is 11.6 Å². The van der Waals surface area contributed by atoms with E-state index in [4.69, 9.17) is 0 Å². The van der Waals surface area contributed by atoms with Crippen molar-refractivity contribution in [3.05, 3.63) is 17.3 Å². The highest BCUT2D eigenvalue weighted by Gasteiger charge is 2.34. The largest absolute Gasteiger partial charge is 0.573 e. The summed E-state index contributed by atoms with van der Waals surface area (Å²) >= 11 is 0. The average Bonchev–Trinajstić information content (AvgIpc) is 2.38. The number of aromatic nitrogens is 1. The molecule has 0 amide bonds. The Labute approximate surface area is 115 Å². The minimum Gasteiger partial charge on any atom is -0.481 e. The van der Waals surface area contributed by atoms with Gasteiger partial charge < -0.3 is 14.2 Å². The van der Waals surface area contributed by atoms with Gasteiger partial charge in [-0.1, -0.05) is 0 Å². The summed E-state index contributed by atoms with van der Waals surface area (Å²) in [6.07, 6.45) is -8.95. The molecule has 0 unspecified atom stereocenters. The summed E-state index contributed by atoms with van der Waals surface area (Å²) in [4.78, 5) is 14.6. The number of nitrogens with zero attached hydrogens (tertiary/aromatic N) is 1. The molecular formula is C11H10F5NO4. The fraction of sp³-hybridized carbons (Fsp3) is 0.455. The second kappa shape index (κ2) is 6.55. The number of pyridine rings is 1. The molecule has 0 aromatic carbocycles. The van der Waals surface area contributed by atoms with Gasteiger partial charge in [0.25, 0.3) is 6.43 Å². The molecule has 0 bridgehead atoms. The van der Waals surface area contributed by atoms with E-state index in [1.165, 1.54) is 0 Å². The predicted molar refractivity (Wildman–Crippen MR) is 58.1 cm³/mol. The Morgan fingerprint density at radius 2 is 1.95 bits per heavy atom. The molecule has 0 N–H and O–H groups in total. The Kier molecular flexibility index (Phi) is 5.28. The normalized spacial score (nSPS) is 11.4. The molecule has 0 spiro atoms. The van der Waals surface area contributed by atoms with Crippen molar-refractivity contribution < 1.29 is 41.0 Å². The van der Waals surface area contributed by atoms with E-state index in [0.717, 1.165) is 14.2 Å². The molecule has 0 atom stereocenters. The molecule has 10 heteroatoms. The highest BCUT2D eigenvalue weighted by molar-refractivity contribution is 5.72. The Morgan fingerprint density at radius 3 is 2.38 bits per heavy atom. The van der Waals surface area contributed by atoms with Crippen LogP contribution in [0.5, 0.6) is 11.6 Å². The fourth-order valence-electron chi connectivity index (χ4n) is 1.40. The maximum Gasteiger partial charge on any atom is 0.573 e. The fourth-order valence-corrected chi connectivity index (χ4v) is 1.40. The Morgan fingerprint density at radius 1 is 1.33 bits per heavy atom. The lowest BCUT2D eigenvalue weighted by atomic mass is 10.2. The molecule has 1 aromatic heterocycles. The summed E-state index contributed by atoms with van der Waals surface area (Å²) in [6.45, 7) is 0. The molecule has 118 valence electrons. The molecule has 0 aliphatic rings. The van der Waals surface area contributed by atoms with Crippen LogP contribution < -0.4 is 9.47 Å². The average molecular weight is 315 g/mol. The molecule has 0 fully saturated rings. The number of hydrogen-bond acceptors (Lipinski definition) is 5. The third-order valence-electron chi connectivity index (χ3n) is 2.25. The molecule has 0 aliphatic heterocycles. The zero-order chi connectivity index (χ0) is 16.2. The van der Waals surface area contributed by atoms with Gasteiger partial charge in [-0.2, -0.15) is 0 Å². The highest BCUT2D eigenvalue weighted by atomic mass is 19.4. The zero-order valence-electron chi connectivity index (χ0n) is 10.8. The van der Waals surface area contributed by atoms with Crippen LogP contribution in [0.25, 0.3) is 0 Å². The van der Waals surface area contributed by atoms with Gasteiger partial charge in [0.2, 0.25) is 5.88 Å². The number of carbonyl (C=O) groups excluding carboxylic acids is 1. The van der Waals surface area contributed by atoms with Crippen LogP contribution in [0.15, 0.2) is 6.07 Å². The monoisotopic (exact) mass is 315 g/mol. The lowest BCUT2D eigenvalue weighted by Crippen LogP contribution is -2.20. The first-order valence-electron chi connectivity index (χ1n) is 5.36. The second-order valence-electron chi connectivity index (χ2n) is 3.63. The molecule has 1 aromatic rings. The summed E-state index contributed by atoms with van der Waals surface area (Å²) in [5.74, 6) is -2.52. The third-order valence-corrected chi connectivity index (χ3v) is 2.25. The van der Waals surface area contributed by atoms with Gasteiger partial charge in [-0.25, -0.2) is 13.8 Å². The molecular weight excluding hydrogens is 305 g/mol. The van der Waals surface area contributed by atoms with E-state index in [0.29, 0.717) is 6.07 Å². The third kappa shape index (κ3) is 4.72. The SMILES string of the molecule is COC(=O)Cc1nc(OC)c(C(F)F)cc1OC(F)(F)F. The molecule has 1 heterocycles. The van der Waals surface area contributed by atoms with E-state index in [-0.39, 0.29) is 0 Å². The minimum absolute atomic E-state index is 0.433. The number of carbonyl (C=O) groups is 1. The molecule has 0 saturated heterocycles. The van der Waals surface area contributed by atoms with Crippen molar-refractivity contribution in [3.63, 3.8) is 0 Å². The van der Waals surface area contributed by atoms with Crippen molar-refractivity contribution in [2.24, 2.45) is 0 Å². The van der Waals surface area contributed by atoms with Crippen molar-refractivity contribution in [1.82, 2.24) is 4.98 Å². The van der Waals surface area contributed by atoms with Crippen LogP contribution in [0.3, 0.4) is 0 Å². The topological polar surface area (TPSA) is 57.7 Å². The van der Waals surface area contributed by atoms with Crippen LogP contribution in [0.1, 0.15) is 17.7 Å². The minimum atomic E-state index is -5.12. The highest BCUT2D eigenvalue weighted by Crippen LogP contribution is 2.35. The predicted octanol–water partition coefficient (Wildman–Crippen LogP) is 2.64. The Hall–Kier alpha value is -2.13. The van der Waals surface area contributed by atoms with Crippen molar-refractivity contribution in [2.75, 3.05) is 14.2 Å². The number of hydrogen-bond donors (Lipinski definition) is 0. The van der Waals surface area contributed by atoms with Crippen molar-refractivity contribution in [1.29, 1.82) is 0 Å².